The van der Waals surface area contributed by atoms with Gasteiger partial charge in [-0.2, -0.15) is 0 Å². The summed E-state index contributed by atoms with van der Waals surface area (Å²) in [7, 11) is 3.21. The Labute approximate surface area is 227 Å². The molecule has 2 bridgehead atoms. The zero-order valence-corrected chi connectivity index (χ0v) is 22.7. The van der Waals surface area contributed by atoms with Crippen LogP contribution in [0.3, 0.4) is 0 Å². The van der Waals surface area contributed by atoms with Gasteiger partial charge in [0.15, 0.2) is 11.5 Å². The molecule has 0 fully saturated rings. The maximum atomic E-state index is 14.0. The number of aryl methyl sites for hydroxylation is 2. The van der Waals surface area contributed by atoms with E-state index in [-0.39, 0.29) is 37.6 Å². The second-order valence-electron chi connectivity index (χ2n) is 9.60. The lowest BCUT2D eigenvalue weighted by atomic mass is 9.87. The molecule has 2 aromatic carbocycles. The first-order valence-corrected chi connectivity index (χ1v) is 13.0. The van der Waals surface area contributed by atoms with Crippen molar-refractivity contribution in [2.75, 3.05) is 53.7 Å². The number of hydrogen-bond donors (Lipinski definition) is 0. The first-order chi connectivity index (χ1) is 18.9. The summed E-state index contributed by atoms with van der Waals surface area (Å²) < 4.78 is 28.0. The third-order valence-electron chi connectivity index (χ3n) is 7.25. The summed E-state index contributed by atoms with van der Waals surface area (Å²) in [5.74, 6) is 1.89. The average Bonchev–Trinajstić information content (AvgIpc) is 3.29. The van der Waals surface area contributed by atoms with E-state index in [2.05, 4.69) is 5.16 Å². The highest BCUT2D eigenvalue weighted by Gasteiger charge is 2.35. The van der Waals surface area contributed by atoms with Crippen LogP contribution in [0.4, 0.5) is 0 Å². The van der Waals surface area contributed by atoms with E-state index < -0.39 is 0 Å². The van der Waals surface area contributed by atoms with Gasteiger partial charge in [-0.3, -0.25) is 9.59 Å². The Kier molecular flexibility index (Phi) is 7.74. The summed E-state index contributed by atoms with van der Waals surface area (Å²) in [5.41, 5.74) is 3.82. The van der Waals surface area contributed by atoms with Crippen LogP contribution in [0.15, 0.2) is 40.9 Å². The molecule has 2 amide bonds. The van der Waals surface area contributed by atoms with E-state index >= 15 is 0 Å². The van der Waals surface area contributed by atoms with Crippen LogP contribution in [0.2, 0.25) is 0 Å². The van der Waals surface area contributed by atoms with Gasteiger partial charge in [0.2, 0.25) is 5.91 Å². The van der Waals surface area contributed by atoms with Crippen molar-refractivity contribution in [1.29, 1.82) is 0 Å². The summed E-state index contributed by atoms with van der Waals surface area (Å²) in [5, 5.41) is 3.93. The standard InChI is InChI=1S/C29H33N3O7/c1-18-27(19(2)39-30-18)29(34)31-11-12-37-13-14-38-22-7-5-20(6-8-22)28-23-16-25(36-4)24(35-3)15-21(23)9-10-32(28)26(33)17-31/h5-8,15-16,28H,9-14,17H2,1-4H3. The third kappa shape index (κ3) is 5.29. The van der Waals surface area contributed by atoms with Gasteiger partial charge < -0.3 is 33.3 Å². The molecular weight excluding hydrogens is 502 g/mol. The lowest BCUT2D eigenvalue weighted by molar-refractivity contribution is -0.134. The normalized spacial score (nSPS) is 17.9. The molecule has 206 valence electrons. The largest absolute Gasteiger partial charge is 0.493 e. The molecule has 10 heteroatoms. The molecule has 1 aromatic heterocycles. The van der Waals surface area contributed by atoms with Crippen molar-refractivity contribution >= 4 is 11.8 Å². The van der Waals surface area contributed by atoms with Crippen LogP contribution in [0, 0.1) is 13.8 Å². The van der Waals surface area contributed by atoms with Gasteiger partial charge in [-0.1, -0.05) is 17.3 Å². The zero-order valence-electron chi connectivity index (χ0n) is 22.7. The van der Waals surface area contributed by atoms with E-state index in [0.717, 1.165) is 16.7 Å². The summed E-state index contributed by atoms with van der Waals surface area (Å²) in [4.78, 5) is 30.9. The summed E-state index contributed by atoms with van der Waals surface area (Å²) in [6.45, 7) is 4.99. The lowest BCUT2D eigenvalue weighted by Gasteiger charge is -2.39. The number of fused-ring (bicyclic) bond motifs is 11. The molecule has 39 heavy (non-hydrogen) atoms. The third-order valence-corrected chi connectivity index (χ3v) is 7.25. The lowest BCUT2D eigenvalue weighted by Crippen LogP contribution is -2.48. The smallest absolute Gasteiger partial charge is 0.259 e. The summed E-state index contributed by atoms with van der Waals surface area (Å²) >= 11 is 0. The topological polar surface area (TPSA) is 104 Å². The molecule has 0 spiro atoms. The minimum Gasteiger partial charge on any atom is -0.493 e. The molecule has 3 aliphatic heterocycles. The molecule has 0 aliphatic carbocycles. The molecular formula is C29H33N3O7. The first kappa shape index (κ1) is 26.6. The fraction of sp³-hybridized carbons (Fsp3) is 0.414. The van der Waals surface area contributed by atoms with Crippen LogP contribution >= 0.6 is 0 Å². The van der Waals surface area contributed by atoms with Crippen molar-refractivity contribution in [3.8, 4) is 17.2 Å². The molecule has 0 N–H and O–H groups in total. The van der Waals surface area contributed by atoms with E-state index in [9.17, 15) is 9.59 Å². The van der Waals surface area contributed by atoms with Gasteiger partial charge in [-0.15, -0.1) is 0 Å². The quantitative estimate of drug-likeness (QED) is 0.471. The van der Waals surface area contributed by atoms with Crippen LogP contribution in [-0.2, 0) is 16.0 Å². The van der Waals surface area contributed by atoms with Crippen molar-refractivity contribution in [2.24, 2.45) is 0 Å². The van der Waals surface area contributed by atoms with Crippen LogP contribution in [0.25, 0.3) is 0 Å². The van der Waals surface area contributed by atoms with E-state index in [1.807, 2.05) is 41.3 Å². The average molecular weight is 536 g/mol. The second-order valence-corrected chi connectivity index (χ2v) is 9.60. The first-order valence-electron chi connectivity index (χ1n) is 13.0. The molecule has 1 atom stereocenters. The number of carbonyl (C=O) groups is 2. The number of hydrogen-bond acceptors (Lipinski definition) is 8. The molecule has 6 rings (SSSR count). The van der Waals surface area contributed by atoms with Crippen LogP contribution in [0.5, 0.6) is 17.2 Å². The van der Waals surface area contributed by atoms with Crippen molar-refractivity contribution in [3.63, 3.8) is 0 Å². The van der Waals surface area contributed by atoms with Crippen molar-refractivity contribution in [2.45, 2.75) is 26.3 Å². The Morgan fingerprint density at radius 1 is 1.00 bits per heavy atom. The summed E-state index contributed by atoms with van der Waals surface area (Å²) in [6.07, 6.45) is 0.639. The molecule has 0 saturated carbocycles. The van der Waals surface area contributed by atoms with Gasteiger partial charge in [0.25, 0.3) is 5.91 Å². The number of amides is 2. The predicted octanol–water partition coefficient (Wildman–Crippen LogP) is 3.33. The second kappa shape index (κ2) is 11.4. The van der Waals surface area contributed by atoms with E-state index in [1.165, 1.54) is 4.90 Å². The molecule has 10 nitrogen and oxygen atoms in total. The van der Waals surface area contributed by atoms with E-state index in [4.69, 9.17) is 23.5 Å². The Balaban J connectivity index is 1.55. The SMILES string of the molecule is COc1cc2c(cc1OC)C1c3ccc(cc3)OCCOCCN(C(=O)c3c(C)noc3C)CC(=O)N1CC2. The number of methoxy groups -OCH3 is 2. The van der Waals surface area contributed by atoms with Crippen LogP contribution in [0.1, 0.15) is 44.5 Å². The molecule has 1 unspecified atom stereocenters. The number of benzene rings is 2. The molecule has 0 radical (unpaired) electrons. The van der Waals surface area contributed by atoms with Gasteiger partial charge in [-0.25, -0.2) is 0 Å². The van der Waals surface area contributed by atoms with Gasteiger partial charge in [0.05, 0.1) is 39.2 Å². The zero-order chi connectivity index (χ0) is 27.5. The maximum Gasteiger partial charge on any atom is 0.259 e. The van der Waals surface area contributed by atoms with Crippen LogP contribution < -0.4 is 14.2 Å². The van der Waals surface area contributed by atoms with Gasteiger partial charge >= 0.3 is 0 Å². The van der Waals surface area contributed by atoms with Crippen molar-refractivity contribution in [3.05, 3.63) is 70.1 Å². The van der Waals surface area contributed by atoms with Gasteiger partial charge in [0, 0.05) is 13.1 Å². The highest BCUT2D eigenvalue weighted by Crippen LogP contribution is 2.41. The Morgan fingerprint density at radius 3 is 2.44 bits per heavy atom. The van der Waals surface area contributed by atoms with Crippen molar-refractivity contribution in [1.82, 2.24) is 15.0 Å². The molecule has 4 heterocycles. The Morgan fingerprint density at radius 2 is 1.74 bits per heavy atom. The highest BCUT2D eigenvalue weighted by atomic mass is 16.5. The van der Waals surface area contributed by atoms with Gasteiger partial charge in [0.1, 0.15) is 30.2 Å². The fourth-order valence-corrected chi connectivity index (χ4v) is 5.27. The Bertz CT molecular complexity index is 1330. The van der Waals surface area contributed by atoms with Crippen molar-refractivity contribution < 1.29 is 33.1 Å². The number of rotatable bonds is 3. The van der Waals surface area contributed by atoms with E-state index in [0.29, 0.717) is 60.4 Å². The number of ether oxygens (including phenoxy) is 4. The number of nitrogens with zero attached hydrogens (tertiary/aromatic N) is 3. The maximum absolute atomic E-state index is 14.0. The fourth-order valence-electron chi connectivity index (χ4n) is 5.27. The molecule has 3 aromatic rings. The minimum atomic E-state index is -0.382. The number of carbonyl (C=O) groups excluding carboxylic acids is 2. The van der Waals surface area contributed by atoms with Gasteiger partial charge in [-0.05, 0) is 61.2 Å². The molecule has 0 saturated heterocycles. The molecule has 3 aliphatic rings. The van der Waals surface area contributed by atoms with Crippen LogP contribution in [-0.4, -0.2) is 80.4 Å². The Hall–Kier alpha value is -4.05. The monoisotopic (exact) mass is 535 g/mol. The predicted molar refractivity (Wildman–Crippen MR) is 141 cm³/mol. The van der Waals surface area contributed by atoms with E-state index in [1.54, 1.807) is 28.1 Å². The minimum absolute atomic E-state index is 0.111. The number of aromatic nitrogens is 1. The summed E-state index contributed by atoms with van der Waals surface area (Å²) in [6, 6.07) is 11.3. The highest BCUT2D eigenvalue weighted by molar-refractivity contribution is 5.98.